The van der Waals surface area contributed by atoms with Gasteiger partial charge in [-0.15, -0.1) is 0 Å². The molecule has 1 saturated carbocycles. The monoisotopic (exact) mass is 508 g/mol. The van der Waals surface area contributed by atoms with Gasteiger partial charge in [-0.1, -0.05) is 13.0 Å². The zero-order valence-corrected chi connectivity index (χ0v) is 22.0. The highest BCUT2D eigenvalue weighted by atomic mass is 32.2. The first-order chi connectivity index (χ1) is 17.1. The number of aromatic nitrogens is 2. The van der Waals surface area contributed by atoms with E-state index in [1.807, 2.05) is 19.9 Å². The average molecular weight is 509 g/mol. The van der Waals surface area contributed by atoms with Crippen molar-refractivity contribution in [3.63, 3.8) is 0 Å². The number of aryl methyl sites for hydroxylation is 2. The summed E-state index contributed by atoms with van der Waals surface area (Å²) < 4.78 is 26.9. The molecule has 0 radical (unpaired) electrons. The van der Waals surface area contributed by atoms with Gasteiger partial charge in [-0.3, -0.25) is 24.1 Å². The number of amides is 2. The van der Waals surface area contributed by atoms with Gasteiger partial charge in [0.1, 0.15) is 5.82 Å². The minimum atomic E-state index is -3.35. The molecule has 0 bridgehead atoms. The highest BCUT2D eigenvalue weighted by Crippen LogP contribution is 2.33. The van der Waals surface area contributed by atoms with Crippen molar-refractivity contribution in [2.24, 2.45) is 13.0 Å². The molecule has 0 saturated heterocycles. The molecule has 9 heteroatoms. The van der Waals surface area contributed by atoms with E-state index in [1.54, 1.807) is 65.2 Å². The molecule has 190 valence electrons. The summed E-state index contributed by atoms with van der Waals surface area (Å²) in [5.41, 5.74) is 2.32. The fourth-order valence-electron chi connectivity index (χ4n) is 4.33. The van der Waals surface area contributed by atoms with E-state index in [-0.39, 0.29) is 28.4 Å². The fraction of sp³-hybridized carbons (Fsp3) is 0.370. The van der Waals surface area contributed by atoms with Crippen LogP contribution < -0.4 is 9.80 Å². The third-order valence-corrected chi connectivity index (χ3v) is 8.12. The third kappa shape index (κ3) is 5.51. The van der Waals surface area contributed by atoms with Crippen molar-refractivity contribution in [2.75, 3.05) is 22.1 Å². The Morgan fingerprint density at radius 2 is 1.75 bits per heavy atom. The van der Waals surface area contributed by atoms with Crippen LogP contribution in [0.2, 0.25) is 0 Å². The second-order valence-electron chi connectivity index (χ2n) is 9.35. The van der Waals surface area contributed by atoms with Crippen LogP contribution in [0.15, 0.2) is 59.5 Å². The molecule has 0 aliphatic heterocycles. The van der Waals surface area contributed by atoms with Gasteiger partial charge in [0.25, 0.3) is 5.91 Å². The lowest BCUT2D eigenvalue weighted by Crippen LogP contribution is -2.33. The van der Waals surface area contributed by atoms with Crippen LogP contribution in [0.5, 0.6) is 0 Å². The Morgan fingerprint density at radius 1 is 1.06 bits per heavy atom. The van der Waals surface area contributed by atoms with Crippen LogP contribution in [-0.4, -0.2) is 42.3 Å². The van der Waals surface area contributed by atoms with Crippen molar-refractivity contribution in [3.05, 3.63) is 65.9 Å². The van der Waals surface area contributed by atoms with Crippen LogP contribution in [0.3, 0.4) is 0 Å². The first-order valence-corrected chi connectivity index (χ1v) is 13.8. The average Bonchev–Trinajstić information content (AvgIpc) is 3.57. The van der Waals surface area contributed by atoms with E-state index in [4.69, 9.17) is 0 Å². The number of anilines is 3. The van der Waals surface area contributed by atoms with Gasteiger partial charge in [-0.05, 0) is 74.6 Å². The second-order valence-corrected chi connectivity index (χ2v) is 11.4. The number of benzene rings is 2. The SMILES string of the molecule is CCCN(C(=O)c1cccc(N(C(C)=O)c2ccc(S(=O)(=O)CC3CC3)cc2)c1)c1cc(C)nn1C. The maximum Gasteiger partial charge on any atom is 0.259 e. The van der Waals surface area contributed by atoms with E-state index in [0.717, 1.165) is 25.0 Å². The highest BCUT2D eigenvalue weighted by molar-refractivity contribution is 7.91. The summed E-state index contributed by atoms with van der Waals surface area (Å²) in [6.45, 7) is 5.85. The maximum atomic E-state index is 13.5. The Labute approximate surface area is 212 Å². The summed E-state index contributed by atoms with van der Waals surface area (Å²) in [6, 6.07) is 15.2. The lowest BCUT2D eigenvalue weighted by atomic mass is 10.1. The number of sulfone groups is 1. The molecule has 0 N–H and O–H groups in total. The number of nitrogens with zero attached hydrogens (tertiary/aromatic N) is 4. The summed E-state index contributed by atoms with van der Waals surface area (Å²) in [4.78, 5) is 29.6. The van der Waals surface area contributed by atoms with Gasteiger partial charge in [-0.25, -0.2) is 8.42 Å². The van der Waals surface area contributed by atoms with Crippen molar-refractivity contribution in [3.8, 4) is 0 Å². The van der Waals surface area contributed by atoms with Crippen LogP contribution in [0.25, 0.3) is 0 Å². The summed E-state index contributed by atoms with van der Waals surface area (Å²) in [5.74, 6) is 0.687. The number of hydrogen-bond acceptors (Lipinski definition) is 5. The molecule has 1 fully saturated rings. The van der Waals surface area contributed by atoms with E-state index in [1.165, 1.54) is 11.8 Å². The molecule has 2 amide bonds. The van der Waals surface area contributed by atoms with Crippen LogP contribution in [0.4, 0.5) is 17.2 Å². The number of carbonyl (C=O) groups excluding carboxylic acids is 2. The zero-order valence-electron chi connectivity index (χ0n) is 21.1. The standard InChI is InChI=1S/C27H32N4O4S/c1-5-15-30(26-16-19(2)28-29(26)4)27(33)22-7-6-8-24(17-22)31(20(3)32)23-11-13-25(14-12-23)36(34,35)18-21-9-10-21/h6-8,11-14,16-17,21H,5,9-10,15,18H2,1-4H3. The van der Waals surface area contributed by atoms with Gasteiger partial charge >= 0.3 is 0 Å². The normalized spacial score (nSPS) is 13.4. The van der Waals surface area contributed by atoms with Crippen LogP contribution in [-0.2, 0) is 21.7 Å². The molecule has 0 unspecified atom stereocenters. The third-order valence-electron chi connectivity index (χ3n) is 6.22. The first-order valence-electron chi connectivity index (χ1n) is 12.2. The molecule has 3 aromatic rings. The van der Waals surface area contributed by atoms with Gasteiger partial charge < -0.3 is 0 Å². The van der Waals surface area contributed by atoms with Gasteiger partial charge in [-0.2, -0.15) is 5.10 Å². The summed E-state index contributed by atoms with van der Waals surface area (Å²) >= 11 is 0. The predicted octanol–water partition coefficient (Wildman–Crippen LogP) is 4.65. The number of hydrogen-bond donors (Lipinski definition) is 0. The Hall–Kier alpha value is -3.46. The molecule has 1 aromatic heterocycles. The topological polar surface area (TPSA) is 92.6 Å². The molecular formula is C27H32N4O4S. The molecule has 1 heterocycles. The lowest BCUT2D eigenvalue weighted by Gasteiger charge is -2.24. The largest absolute Gasteiger partial charge is 0.293 e. The summed E-state index contributed by atoms with van der Waals surface area (Å²) in [5, 5.41) is 4.37. The van der Waals surface area contributed by atoms with Crippen molar-refractivity contribution >= 4 is 38.8 Å². The van der Waals surface area contributed by atoms with E-state index in [9.17, 15) is 18.0 Å². The second kappa shape index (κ2) is 10.3. The molecule has 0 spiro atoms. The van der Waals surface area contributed by atoms with Crippen LogP contribution in [0, 0.1) is 12.8 Å². The number of carbonyl (C=O) groups is 2. The Bertz CT molecular complexity index is 1380. The molecule has 1 aliphatic carbocycles. The smallest absolute Gasteiger partial charge is 0.259 e. The molecule has 36 heavy (non-hydrogen) atoms. The first kappa shape index (κ1) is 25.6. The Kier molecular flexibility index (Phi) is 7.31. The highest BCUT2D eigenvalue weighted by Gasteiger charge is 2.29. The maximum absolute atomic E-state index is 13.5. The van der Waals surface area contributed by atoms with Crippen molar-refractivity contribution in [2.45, 2.75) is 44.9 Å². The van der Waals surface area contributed by atoms with Crippen molar-refractivity contribution in [1.82, 2.24) is 9.78 Å². The van der Waals surface area contributed by atoms with Crippen LogP contribution in [0.1, 0.15) is 49.2 Å². The van der Waals surface area contributed by atoms with Crippen LogP contribution >= 0.6 is 0 Å². The Morgan fingerprint density at radius 3 is 2.31 bits per heavy atom. The van der Waals surface area contributed by atoms with E-state index in [2.05, 4.69) is 5.10 Å². The molecular weight excluding hydrogens is 476 g/mol. The fourth-order valence-corrected chi connectivity index (χ4v) is 6.03. The minimum absolute atomic E-state index is 0.164. The molecule has 4 rings (SSSR count). The van der Waals surface area contributed by atoms with Gasteiger partial charge in [0.2, 0.25) is 5.91 Å². The van der Waals surface area contributed by atoms with E-state index in [0.29, 0.717) is 29.3 Å². The molecule has 2 aromatic carbocycles. The molecule has 8 nitrogen and oxygen atoms in total. The predicted molar refractivity (Wildman–Crippen MR) is 140 cm³/mol. The Balaban J connectivity index is 1.64. The van der Waals surface area contributed by atoms with E-state index < -0.39 is 9.84 Å². The summed E-state index contributed by atoms with van der Waals surface area (Å²) in [6.07, 6.45) is 2.69. The van der Waals surface area contributed by atoms with Crippen molar-refractivity contribution < 1.29 is 18.0 Å². The van der Waals surface area contributed by atoms with Gasteiger partial charge in [0, 0.05) is 43.5 Å². The summed E-state index contributed by atoms with van der Waals surface area (Å²) in [7, 11) is -1.54. The van der Waals surface area contributed by atoms with Gasteiger partial charge in [0.05, 0.1) is 16.3 Å². The van der Waals surface area contributed by atoms with E-state index >= 15 is 0 Å². The zero-order chi connectivity index (χ0) is 26.0. The van der Waals surface area contributed by atoms with Gasteiger partial charge in [0.15, 0.2) is 9.84 Å². The molecule has 0 atom stereocenters. The molecule has 1 aliphatic rings. The lowest BCUT2D eigenvalue weighted by molar-refractivity contribution is -0.115. The quantitative estimate of drug-likeness (QED) is 0.419. The van der Waals surface area contributed by atoms with Crippen molar-refractivity contribution in [1.29, 1.82) is 0 Å². The number of rotatable bonds is 9. The minimum Gasteiger partial charge on any atom is -0.293 e.